The van der Waals surface area contributed by atoms with Gasteiger partial charge in [-0.25, -0.2) is 4.79 Å². The molecule has 5 heteroatoms. The van der Waals surface area contributed by atoms with Crippen molar-refractivity contribution in [1.82, 2.24) is 10.6 Å². The molecule has 4 nitrogen and oxygen atoms in total. The number of hydrogen-bond donors (Lipinski definition) is 3. The Morgan fingerprint density at radius 1 is 1.29 bits per heavy atom. The van der Waals surface area contributed by atoms with Crippen LogP contribution in [0.3, 0.4) is 0 Å². The summed E-state index contributed by atoms with van der Waals surface area (Å²) in [6.07, 6.45) is 0.744. The Morgan fingerprint density at radius 3 is 2.52 bits per heavy atom. The van der Waals surface area contributed by atoms with Crippen LogP contribution in [0.15, 0.2) is 12.1 Å². The number of carbonyl (C=O) groups is 1. The van der Waals surface area contributed by atoms with Gasteiger partial charge in [0.2, 0.25) is 0 Å². The second-order valence-electron chi connectivity index (χ2n) is 5.94. The Morgan fingerprint density at radius 2 is 1.95 bits per heavy atom. The van der Waals surface area contributed by atoms with Crippen molar-refractivity contribution in [2.24, 2.45) is 0 Å². The first-order valence-electron chi connectivity index (χ1n) is 7.28. The van der Waals surface area contributed by atoms with Crippen LogP contribution in [0.5, 0.6) is 0 Å². The van der Waals surface area contributed by atoms with Crippen molar-refractivity contribution >= 4 is 17.8 Å². The first kappa shape index (κ1) is 16.2. The Hall–Kier alpha value is -1.20. The Labute approximate surface area is 130 Å². The van der Waals surface area contributed by atoms with Crippen molar-refractivity contribution in [3.63, 3.8) is 0 Å². The number of urea groups is 1. The summed E-state index contributed by atoms with van der Waals surface area (Å²) >= 11 is 1.73. The van der Waals surface area contributed by atoms with Crippen LogP contribution in [0.25, 0.3) is 0 Å². The molecule has 1 fully saturated rings. The maximum absolute atomic E-state index is 11.9. The molecule has 0 bridgehead atoms. The number of rotatable bonds is 4. The van der Waals surface area contributed by atoms with E-state index < -0.39 is 5.60 Å². The Kier molecular flexibility index (Phi) is 5.17. The van der Waals surface area contributed by atoms with Crippen LogP contribution in [0.4, 0.5) is 4.79 Å². The van der Waals surface area contributed by atoms with Gasteiger partial charge in [0.1, 0.15) is 0 Å². The highest BCUT2D eigenvalue weighted by Gasteiger charge is 2.31. The minimum Gasteiger partial charge on any atom is -0.387 e. The smallest absolute Gasteiger partial charge is 0.315 e. The second-order valence-corrected chi connectivity index (χ2v) is 7.05. The molecule has 1 atom stereocenters. The molecule has 0 saturated carbocycles. The van der Waals surface area contributed by atoms with Crippen LogP contribution in [0, 0.1) is 20.8 Å². The fourth-order valence-electron chi connectivity index (χ4n) is 2.70. The van der Waals surface area contributed by atoms with Gasteiger partial charge in [-0.3, -0.25) is 0 Å². The maximum Gasteiger partial charge on any atom is 0.315 e. The number of benzene rings is 1. The van der Waals surface area contributed by atoms with Gasteiger partial charge in [-0.1, -0.05) is 17.7 Å². The van der Waals surface area contributed by atoms with E-state index in [1.54, 1.807) is 11.8 Å². The second kappa shape index (κ2) is 6.71. The van der Waals surface area contributed by atoms with E-state index in [-0.39, 0.29) is 6.03 Å². The highest BCUT2D eigenvalue weighted by Crippen LogP contribution is 2.26. The topological polar surface area (TPSA) is 61.4 Å². The van der Waals surface area contributed by atoms with Crippen molar-refractivity contribution in [1.29, 1.82) is 0 Å². The van der Waals surface area contributed by atoms with Crippen molar-refractivity contribution in [3.05, 3.63) is 34.4 Å². The number of aryl methyl sites for hydroxylation is 3. The van der Waals surface area contributed by atoms with E-state index in [0.717, 1.165) is 17.7 Å². The average molecular weight is 308 g/mol. The van der Waals surface area contributed by atoms with E-state index in [1.807, 2.05) is 0 Å². The van der Waals surface area contributed by atoms with Crippen molar-refractivity contribution < 1.29 is 9.90 Å². The molecule has 116 valence electrons. The maximum atomic E-state index is 11.9. The summed E-state index contributed by atoms with van der Waals surface area (Å²) < 4.78 is 0. The Balaban J connectivity index is 1.84. The molecule has 0 aromatic heterocycles. The lowest BCUT2D eigenvalue weighted by atomic mass is 10.00. The molecule has 1 aliphatic heterocycles. The quantitative estimate of drug-likeness (QED) is 0.800. The fraction of sp³-hybridized carbons (Fsp3) is 0.562. The summed E-state index contributed by atoms with van der Waals surface area (Å²) in [6.45, 7) is 7.03. The monoisotopic (exact) mass is 308 g/mol. The van der Waals surface area contributed by atoms with Gasteiger partial charge in [-0.2, -0.15) is 11.8 Å². The van der Waals surface area contributed by atoms with Crippen LogP contribution >= 0.6 is 11.8 Å². The highest BCUT2D eigenvalue weighted by atomic mass is 32.2. The van der Waals surface area contributed by atoms with Crippen LogP contribution in [-0.4, -0.2) is 34.8 Å². The molecule has 1 aromatic rings. The van der Waals surface area contributed by atoms with Gasteiger partial charge in [-0.15, -0.1) is 0 Å². The molecule has 0 aliphatic carbocycles. The van der Waals surface area contributed by atoms with Gasteiger partial charge in [0.15, 0.2) is 0 Å². The molecular formula is C16H24N2O2S. The largest absolute Gasteiger partial charge is 0.387 e. The van der Waals surface area contributed by atoms with Crippen LogP contribution < -0.4 is 10.6 Å². The van der Waals surface area contributed by atoms with E-state index >= 15 is 0 Å². The zero-order chi connectivity index (χ0) is 15.5. The third kappa shape index (κ3) is 4.38. The summed E-state index contributed by atoms with van der Waals surface area (Å²) in [6, 6.07) is 4.03. The average Bonchev–Trinajstić information content (AvgIpc) is 2.82. The lowest BCUT2D eigenvalue weighted by Crippen LogP contribution is -2.46. The van der Waals surface area contributed by atoms with Crippen LogP contribution in [0.2, 0.25) is 0 Å². The summed E-state index contributed by atoms with van der Waals surface area (Å²) in [5.41, 5.74) is 4.04. The van der Waals surface area contributed by atoms with Crippen LogP contribution in [0.1, 0.15) is 28.7 Å². The van der Waals surface area contributed by atoms with E-state index in [1.165, 1.54) is 16.7 Å². The molecule has 2 rings (SSSR count). The predicted octanol–water partition coefficient (Wildman–Crippen LogP) is 2.28. The van der Waals surface area contributed by atoms with Gasteiger partial charge >= 0.3 is 6.03 Å². The van der Waals surface area contributed by atoms with Gasteiger partial charge in [0.25, 0.3) is 0 Å². The third-order valence-corrected chi connectivity index (χ3v) is 5.16. The number of thioether (sulfide) groups is 1. The lowest BCUT2D eigenvalue weighted by molar-refractivity contribution is 0.0700. The van der Waals surface area contributed by atoms with E-state index in [4.69, 9.17) is 0 Å². The molecule has 0 spiro atoms. The van der Waals surface area contributed by atoms with Gasteiger partial charge < -0.3 is 15.7 Å². The molecule has 1 aliphatic rings. The SMILES string of the molecule is Cc1cc(C)c(CNC(=O)NCC2(O)CCSC2)c(C)c1. The van der Waals surface area contributed by atoms with E-state index in [9.17, 15) is 9.90 Å². The molecule has 1 heterocycles. The van der Waals surface area contributed by atoms with E-state index in [2.05, 4.69) is 43.5 Å². The Bertz CT molecular complexity index is 502. The summed E-state index contributed by atoms with van der Waals surface area (Å²) in [5, 5.41) is 15.8. The van der Waals surface area contributed by atoms with Gasteiger partial charge in [-0.05, 0) is 49.6 Å². The first-order valence-corrected chi connectivity index (χ1v) is 8.44. The van der Waals surface area contributed by atoms with Crippen LogP contribution in [-0.2, 0) is 6.54 Å². The minimum atomic E-state index is -0.738. The van der Waals surface area contributed by atoms with Gasteiger partial charge in [0, 0.05) is 18.8 Å². The minimum absolute atomic E-state index is 0.222. The summed E-state index contributed by atoms with van der Waals surface area (Å²) in [7, 11) is 0. The van der Waals surface area contributed by atoms with Gasteiger partial charge in [0.05, 0.1) is 5.60 Å². The number of hydrogen-bond acceptors (Lipinski definition) is 3. The first-order chi connectivity index (χ1) is 9.89. The highest BCUT2D eigenvalue weighted by molar-refractivity contribution is 7.99. The molecule has 3 N–H and O–H groups in total. The molecule has 1 saturated heterocycles. The summed E-state index contributed by atoms with van der Waals surface area (Å²) in [5.74, 6) is 1.66. The lowest BCUT2D eigenvalue weighted by Gasteiger charge is -2.21. The zero-order valence-corrected chi connectivity index (χ0v) is 13.8. The molecule has 1 aromatic carbocycles. The fourth-order valence-corrected chi connectivity index (χ4v) is 4.00. The molecule has 0 radical (unpaired) electrons. The number of carbonyl (C=O) groups excluding carboxylic acids is 1. The third-order valence-electron chi connectivity index (χ3n) is 3.93. The predicted molar refractivity (Wildman–Crippen MR) is 87.8 cm³/mol. The van der Waals surface area contributed by atoms with Crippen molar-refractivity contribution in [2.45, 2.75) is 39.3 Å². The molecule has 21 heavy (non-hydrogen) atoms. The molecule has 1 unspecified atom stereocenters. The molecular weight excluding hydrogens is 284 g/mol. The summed E-state index contributed by atoms with van der Waals surface area (Å²) in [4.78, 5) is 11.9. The number of aliphatic hydroxyl groups is 1. The van der Waals surface area contributed by atoms with E-state index in [0.29, 0.717) is 18.8 Å². The molecule has 2 amide bonds. The number of amides is 2. The van der Waals surface area contributed by atoms with Crippen molar-refractivity contribution in [3.8, 4) is 0 Å². The number of nitrogens with one attached hydrogen (secondary N) is 2. The normalized spacial score (nSPS) is 21.3. The zero-order valence-electron chi connectivity index (χ0n) is 13.0. The standard InChI is InChI=1S/C16H24N2O2S/c1-11-6-12(2)14(13(3)7-11)8-17-15(19)18-9-16(20)4-5-21-10-16/h6-7,20H,4-5,8-10H2,1-3H3,(H2,17,18,19). The van der Waals surface area contributed by atoms with Crippen molar-refractivity contribution in [2.75, 3.05) is 18.1 Å².